The maximum absolute atomic E-state index is 12.8. The summed E-state index contributed by atoms with van der Waals surface area (Å²) in [5.41, 5.74) is 1.67. The van der Waals surface area contributed by atoms with Crippen molar-refractivity contribution in [3.05, 3.63) is 64.0 Å². The maximum Gasteiger partial charge on any atom is 0.349 e. The summed E-state index contributed by atoms with van der Waals surface area (Å²) in [4.78, 5) is 25.3. The Morgan fingerprint density at radius 2 is 1.64 bits per heavy atom. The van der Waals surface area contributed by atoms with Gasteiger partial charge in [-0.15, -0.1) is 0 Å². The summed E-state index contributed by atoms with van der Waals surface area (Å²) in [6, 6.07) is 12.2. The molecule has 0 radical (unpaired) electrons. The van der Waals surface area contributed by atoms with Crippen molar-refractivity contribution in [2.24, 2.45) is 0 Å². The Morgan fingerprint density at radius 3 is 2.31 bits per heavy atom. The minimum absolute atomic E-state index is 0.214. The van der Waals surface area contributed by atoms with E-state index >= 15 is 0 Å². The highest BCUT2D eigenvalue weighted by Gasteiger charge is 2.21. The molecule has 0 unspecified atom stereocenters. The number of carbonyl (C=O) groups is 1. The molecule has 0 aliphatic rings. The SMILES string of the molecule is COc1cc2c(=O)oc3cc(OC(=O)COc4cc(C)ccc4C(C)C)ccc3c2c(OC)c1OC. The molecular formula is C28H28O8. The van der Waals surface area contributed by atoms with E-state index in [2.05, 4.69) is 13.8 Å². The van der Waals surface area contributed by atoms with E-state index in [1.54, 1.807) is 18.2 Å². The van der Waals surface area contributed by atoms with Gasteiger partial charge in [0.05, 0.1) is 26.7 Å². The molecule has 0 amide bonds. The van der Waals surface area contributed by atoms with E-state index in [-0.39, 0.29) is 29.2 Å². The monoisotopic (exact) mass is 492 g/mol. The van der Waals surface area contributed by atoms with Gasteiger partial charge >= 0.3 is 11.6 Å². The number of aryl methyl sites for hydroxylation is 1. The molecule has 1 aromatic heterocycles. The Morgan fingerprint density at radius 1 is 0.889 bits per heavy atom. The van der Waals surface area contributed by atoms with Crippen molar-refractivity contribution in [3.63, 3.8) is 0 Å². The lowest BCUT2D eigenvalue weighted by molar-refractivity contribution is -0.136. The summed E-state index contributed by atoms with van der Waals surface area (Å²) < 4.78 is 33.1. The average Bonchev–Trinajstić information content (AvgIpc) is 2.86. The standard InChI is InChI=1S/C28H28O8/c1-15(2)18-9-7-16(3)11-21(18)34-14-24(29)35-17-8-10-19-22(12-17)36-28(30)20-13-23(31-4)26(32-5)27(33-6)25(19)20/h7-13,15H,14H2,1-6H3. The molecule has 0 N–H and O–H groups in total. The Labute approximate surface area is 208 Å². The summed E-state index contributed by atoms with van der Waals surface area (Å²) >= 11 is 0. The van der Waals surface area contributed by atoms with E-state index in [1.165, 1.54) is 27.4 Å². The summed E-state index contributed by atoms with van der Waals surface area (Å²) in [5, 5.41) is 1.36. The predicted octanol–water partition coefficient (Wildman–Crippen LogP) is 5.39. The number of rotatable bonds is 8. The van der Waals surface area contributed by atoms with Crippen LogP contribution >= 0.6 is 0 Å². The topological polar surface area (TPSA) is 93.4 Å². The van der Waals surface area contributed by atoms with Gasteiger partial charge in [-0.3, -0.25) is 0 Å². The van der Waals surface area contributed by atoms with Gasteiger partial charge in [-0.1, -0.05) is 26.0 Å². The van der Waals surface area contributed by atoms with Gasteiger partial charge in [0.15, 0.2) is 18.1 Å². The van der Waals surface area contributed by atoms with Crippen LogP contribution in [-0.2, 0) is 4.79 Å². The van der Waals surface area contributed by atoms with Crippen molar-refractivity contribution in [2.45, 2.75) is 26.7 Å². The number of hydrogen-bond acceptors (Lipinski definition) is 8. The van der Waals surface area contributed by atoms with Crippen LogP contribution in [0.4, 0.5) is 0 Å². The Bertz CT molecular complexity index is 1500. The molecule has 188 valence electrons. The van der Waals surface area contributed by atoms with E-state index in [0.717, 1.165) is 11.1 Å². The quantitative estimate of drug-likeness (QED) is 0.140. The van der Waals surface area contributed by atoms with E-state index < -0.39 is 11.6 Å². The third kappa shape index (κ3) is 4.66. The molecule has 4 rings (SSSR count). The lowest BCUT2D eigenvalue weighted by atomic mass is 10.0. The van der Waals surface area contributed by atoms with Gasteiger partial charge < -0.3 is 28.1 Å². The molecule has 0 fully saturated rings. The van der Waals surface area contributed by atoms with Gasteiger partial charge in [-0.2, -0.15) is 0 Å². The van der Waals surface area contributed by atoms with Gasteiger partial charge in [0.2, 0.25) is 5.75 Å². The zero-order chi connectivity index (χ0) is 26.0. The van der Waals surface area contributed by atoms with Gasteiger partial charge in [-0.05, 0) is 48.2 Å². The largest absolute Gasteiger partial charge is 0.493 e. The van der Waals surface area contributed by atoms with E-state index in [0.29, 0.717) is 33.8 Å². The van der Waals surface area contributed by atoms with Crippen molar-refractivity contribution in [1.29, 1.82) is 0 Å². The Kier molecular flexibility index (Phi) is 7.05. The molecule has 0 atom stereocenters. The van der Waals surface area contributed by atoms with Crippen molar-refractivity contribution in [2.75, 3.05) is 27.9 Å². The number of carbonyl (C=O) groups excluding carboxylic acids is 1. The normalized spacial score (nSPS) is 11.1. The first-order chi connectivity index (χ1) is 17.3. The molecule has 0 aliphatic carbocycles. The molecule has 3 aromatic carbocycles. The van der Waals surface area contributed by atoms with Gasteiger partial charge in [0, 0.05) is 16.8 Å². The van der Waals surface area contributed by atoms with Gasteiger partial charge in [0.1, 0.15) is 17.1 Å². The van der Waals surface area contributed by atoms with Crippen LogP contribution < -0.4 is 29.3 Å². The van der Waals surface area contributed by atoms with Crippen molar-refractivity contribution in [3.8, 4) is 28.7 Å². The summed E-state index contributed by atoms with van der Waals surface area (Å²) in [6.45, 7) is 5.81. The minimum atomic E-state index is -0.593. The van der Waals surface area contributed by atoms with Crippen LogP contribution in [0.1, 0.15) is 30.9 Å². The molecule has 0 saturated carbocycles. The molecule has 8 nitrogen and oxygen atoms in total. The molecule has 4 aromatic rings. The van der Waals surface area contributed by atoms with Crippen LogP contribution in [-0.4, -0.2) is 33.9 Å². The first kappa shape index (κ1) is 24.9. The van der Waals surface area contributed by atoms with Crippen molar-refractivity contribution < 1.29 is 32.9 Å². The fraction of sp³-hybridized carbons (Fsp3) is 0.286. The first-order valence-corrected chi connectivity index (χ1v) is 11.4. The smallest absolute Gasteiger partial charge is 0.349 e. The van der Waals surface area contributed by atoms with Crippen LogP contribution in [0.3, 0.4) is 0 Å². The number of hydrogen-bond donors (Lipinski definition) is 0. The Hall–Kier alpha value is -4.20. The van der Waals surface area contributed by atoms with E-state index in [4.69, 9.17) is 28.1 Å². The number of fused-ring (bicyclic) bond motifs is 3. The second kappa shape index (κ2) is 10.2. The first-order valence-electron chi connectivity index (χ1n) is 11.4. The minimum Gasteiger partial charge on any atom is -0.493 e. The molecular weight excluding hydrogens is 464 g/mol. The van der Waals surface area contributed by atoms with Crippen LogP contribution in [0.5, 0.6) is 28.7 Å². The van der Waals surface area contributed by atoms with Crippen LogP contribution in [0.15, 0.2) is 51.7 Å². The third-order valence-corrected chi connectivity index (χ3v) is 5.84. The van der Waals surface area contributed by atoms with E-state index in [1.807, 2.05) is 25.1 Å². The highest BCUT2D eigenvalue weighted by atomic mass is 16.6. The third-order valence-electron chi connectivity index (χ3n) is 5.84. The van der Waals surface area contributed by atoms with Crippen LogP contribution in [0, 0.1) is 6.92 Å². The lowest BCUT2D eigenvalue weighted by Crippen LogP contribution is -2.18. The fourth-order valence-electron chi connectivity index (χ4n) is 4.14. The molecule has 8 heteroatoms. The summed E-state index contributed by atoms with van der Waals surface area (Å²) in [5.74, 6) is 1.54. The Balaban J connectivity index is 1.65. The number of methoxy groups -OCH3 is 3. The molecule has 0 spiro atoms. The second-order valence-electron chi connectivity index (χ2n) is 8.57. The second-order valence-corrected chi connectivity index (χ2v) is 8.57. The molecule has 0 saturated heterocycles. The van der Waals surface area contributed by atoms with Crippen molar-refractivity contribution >= 4 is 27.7 Å². The lowest BCUT2D eigenvalue weighted by Gasteiger charge is -2.16. The van der Waals surface area contributed by atoms with E-state index in [9.17, 15) is 9.59 Å². The van der Waals surface area contributed by atoms with Crippen LogP contribution in [0.25, 0.3) is 21.7 Å². The van der Waals surface area contributed by atoms with Gasteiger partial charge in [0.25, 0.3) is 0 Å². The fourth-order valence-corrected chi connectivity index (χ4v) is 4.14. The zero-order valence-electron chi connectivity index (χ0n) is 21.1. The number of esters is 1. The maximum atomic E-state index is 12.8. The number of ether oxygens (including phenoxy) is 5. The summed E-state index contributed by atoms with van der Waals surface area (Å²) in [7, 11) is 4.44. The summed E-state index contributed by atoms with van der Waals surface area (Å²) in [6.07, 6.45) is 0. The average molecular weight is 493 g/mol. The predicted molar refractivity (Wildman–Crippen MR) is 136 cm³/mol. The highest BCUT2D eigenvalue weighted by Crippen LogP contribution is 2.45. The van der Waals surface area contributed by atoms with Crippen LogP contribution in [0.2, 0.25) is 0 Å². The molecule has 36 heavy (non-hydrogen) atoms. The van der Waals surface area contributed by atoms with Gasteiger partial charge in [-0.25, -0.2) is 9.59 Å². The highest BCUT2D eigenvalue weighted by molar-refractivity contribution is 6.10. The zero-order valence-corrected chi connectivity index (χ0v) is 21.1. The molecule has 1 heterocycles. The number of benzene rings is 3. The van der Waals surface area contributed by atoms with Crippen molar-refractivity contribution in [1.82, 2.24) is 0 Å². The molecule has 0 bridgehead atoms. The molecule has 0 aliphatic heterocycles.